The summed E-state index contributed by atoms with van der Waals surface area (Å²) in [5.74, 6) is -0.0358. The van der Waals surface area contributed by atoms with Crippen molar-refractivity contribution in [3.05, 3.63) is 22.4 Å². The van der Waals surface area contributed by atoms with Gasteiger partial charge in [0.05, 0.1) is 11.1 Å². The lowest BCUT2D eigenvalue weighted by Gasteiger charge is -1.89. The summed E-state index contributed by atoms with van der Waals surface area (Å²) in [5, 5.41) is 0. The van der Waals surface area contributed by atoms with Crippen LogP contribution in [0.2, 0.25) is 0 Å². The standard InChI is InChI=1S/C7H9BrN2O/c1-10-4-5(2-7(10)8)6(11)3-9/h2,4H,3,9H2,1H3. The molecule has 0 aromatic carbocycles. The Hall–Kier alpha value is -0.610. The van der Waals surface area contributed by atoms with Crippen LogP contribution in [0.4, 0.5) is 0 Å². The number of hydrogen-bond acceptors (Lipinski definition) is 2. The fraction of sp³-hybridized carbons (Fsp3) is 0.286. The Morgan fingerprint density at radius 3 is 2.82 bits per heavy atom. The summed E-state index contributed by atoms with van der Waals surface area (Å²) >= 11 is 3.28. The fourth-order valence-corrected chi connectivity index (χ4v) is 1.16. The van der Waals surface area contributed by atoms with Crippen LogP contribution in [0, 0.1) is 0 Å². The molecular formula is C7H9BrN2O. The summed E-state index contributed by atoms with van der Waals surface area (Å²) in [6, 6.07) is 1.76. The second-order valence-electron chi connectivity index (χ2n) is 2.29. The van der Waals surface area contributed by atoms with Gasteiger partial charge in [-0.05, 0) is 22.0 Å². The van der Waals surface area contributed by atoms with Crippen molar-refractivity contribution in [3.63, 3.8) is 0 Å². The highest BCUT2D eigenvalue weighted by Crippen LogP contribution is 2.13. The first kappa shape index (κ1) is 8.49. The minimum absolute atomic E-state index is 0.0358. The summed E-state index contributed by atoms with van der Waals surface area (Å²) in [7, 11) is 1.86. The zero-order valence-electron chi connectivity index (χ0n) is 6.17. The van der Waals surface area contributed by atoms with Gasteiger partial charge in [0.15, 0.2) is 5.78 Å². The topological polar surface area (TPSA) is 48.0 Å². The van der Waals surface area contributed by atoms with Crippen molar-refractivity contribution in [1.29, 1.82) is 0 Å². The molecule has 0 bridgehead atoms. The normalized spacial score (nSPS) is 10.1. The van der Waals surface area contributed by atoms with Crippen molar-refractivity contribution in [2.24, 2.45) is 12.8 Å². The zero-order valence-corrected chi connectivity index (χ0v) is 7.76. The van der Waals surface area contributed by atoms with Crippen LogP contribution in [-0.2, 0) is 7.05 Å². The van der Waals surface area contributed by atoms with Gasteiger partial charge in [0, 0.05) is 18.8 Å². The molecule has 0 aliphatic heterocycles. The number of Topliss-reactive ketones (excluding diaryl/α,β-unsaturated/α-hetero) is 1. The minimum atomic E-state index is -0.0358. The number of nitrogens with two attached hydrogens (primary N) is 1. The van der Waals surface area contributed by atoms with Gasteiger partial charge in [0.1, 0.15) is 0 Å². The highest BCUT2D eigenvalue weighted by Gasteiger charge is 2.06. The number of halogens is 1. The molecule has 1 heterocycles. The Kier molecular flexibility index (Phi) is 2.46. The lowest BCUT2D eigenvalue weighted by Crippen LogP contribution is -2.12. The van der Waals surface area contributed by atoms with Gasteiger partial charge in [-0.15, -0.1) is 0 Å². The summed E-state index contributed by atoms with van der Waals surface area (Å²) < 4.78 is 2.71. The molecule has 1 rings (SSSR count). The van der Waals surface area contributed by atoms with Gasteiger partial charge >= 0.3 is 0 Å². The molecule has 2 N–H and O–H groups in total. The molecule has 1 aromatic heterocycles. The van der Waals surface area contributed by atoms with Crippen LogP contribution in [0.3, 0.4) is 0 Å². The maximum absolute atomic E-state index is 11.0. The van der Waals surface area contributed by atoms with Gasteiger partial charge in [-0.1, -0.05) is 0 Å². The molecule has 0 spiro atoms. The second-order valence-corrected chi connectivity index (χ2v) is 3.10. The molecule has 0 fully saturated rings. The van der Waals surface area contributed by atoms with Crippen LogP contribution in [-0.4, -0.2) is 16.9 Å². The monoisotopic (exact) mass is 216 g/mol. The van der Waals surface area contributed by atoms with Crippen molar-refractivity contribution in [3.8, 4) is 0 Å². The van der Waals surface area contributed by atoms with E-state index in [1.165, 1.54) is 0 Å². The average molecular weight is 217 g/mol. The second kappa shape index (κ2) is 3.19. The molecule has 0 unspecified atom stereocenters. The predicted octanol–water partition coefficient (Wildman–Crippen LogP) is 0.929. The molecular weight excluding hydrogens is 208 g/mol. The lowest BCUT2D eigenvalue weighted by atomic mass is 10.2. The highest BCUT2D eigenvalue weighted by molar-refractivity contribution is 9.10. The Morgan fingerprint density at radius 1 is 1.82 bits per heavy atom. The van der Waals surface area contributed by atoms with E-state index in [2.05, 4.69) is 15.9 Å². The van der Waals surface area contributed by atoms with E-state index in [0.717, 1.165) is 4.60 Å². The van der Waals surface area contributed by atoms with E-state index in [1.807, 2.05) is 11.6 Å². The maximum Gasteiger partial charge on any atom is 0.177 e. The zero-order chi connectivity index (χ0) is 8.43. The van der Waals surface area contributed by atoms with Gasteiger partial charge in [0.2, 0.25) is 0 Å². The molecule has 60 valence electrons. The van der Waals surface area contributed by atoms with Crippen LogP contribution in [0.15, 0.2) is 16.9 Å². The quantitative estimate of drug-likeness (QED) is 0.749. The van der Waals surface area contributed by atoms with Gasteiger partial charge in [-0.2, -0.15) is 0 Å². The van der Waals surface area contributed by atoms with Crippen LogP contribution in [0.25, 0.3) is 0 Å². The first-order valence-corrected chi connectivity index (χ1v) is 3.99. The van der Waals surface area contributed by atoms with Crippen LogP contribution >= 0.6 is 15.9 Å². The third kappa shape index (κ3) is 1.70. The van der Waals surface area contributed by atoms with Crippen LogP contribution < -0.4 is 5.73 Å². The molecule has 11 heavy (non-hydrogen) atoms. The van der Waals surface area contributed by atoms with E-state index in [1.54, 1.807) is 12.3 Å². The van der Waals surface area contributed by atoms with Crippen molar-refractivity contribution < 1.29 is 4.79 Å². The third-order valence-corrected chi connectivity index (χ3v) is 2.24. The van der Waals surface area contributed by atoms with Crippen molar-refractivity contribution >= 4 is 21.7 Å². The molecule has 0 saturated heterocycles. The van der Waals surface area contributed by atoms with E-state index in [4.69, 9.17) is 5.73 Å². The number of carbonyl (C=O) groups excluding carboxylic acids is 1. The first-order valence-electron chi connectivity index (χ1n) is 3.20. The predicted molar refractivity (Wildman–Crippen MR) is 46.5 cm³/mol. The van der Waals surface area contributed by atoms with Gasteiger partial charge in [-0.3, -0.25) is 4.79 Å². The first-order chi connectivity index (χ1) is 5.15. The molecule has 0 aliphatic carbocycles. The van der Waals surface area contributed by atoms with Crippen molar-refractivity contribution in [2.75, 3.05) is 6.54 Å². The SMILES string of the molecule is Cn1cc(C(=O)CN)cc1Br. The Morgan fingerprint density at radius 2 is 2.45 bits per heavy atom. The summed E-state index contributed by atoms with van der Waals surface area (Å²) in [5.41, 5.74) is 5.84. The number of aromatic nitrogens is 1. The van der Waals surface area contributed by atoms with Gasteiger partial charge in [-0.25, -0.2) is 0 Å². The van der Waals surface area contributed by atoms with Crippen LogP contribution in [0.5, 0.6) is 0 Å². The summed E-state index contributed by atoms with van der Waals surface area (Å²) in [6.45, 7) is 0.0659. The highest BCUT2D eigenvalue weighted by atomic mass is 79.9. The van der Waals surface area contributed by atoms with E-state index >= 15 is 0 Å². The Labute approximate surface area is 73.3 Å². The fourth-order valence-electron chi connectivity index (χ4n) is 0.808. The number of carbonyl (C=O) groups is 1. The molecule has 0 saturated carbocycles. The Balaban J connectivity index is 2.97. The number of rotatable bonds is 2. The van der Waals surface area contributed by atoms with Crippen molar-refractivity contribution in [2.45, 2.75) is 0 Å². The summed E-state index contributed by atoms with van der Waals surface area (Å²) in [4.78, 5) is 11.0. The molecule has 3 nitrogen and oxygen atoms in total. The molecule has 0 aliphatic rings. The molecule has 0 amide bonds. The maximum atomic E-state index is 11.0. The van der Waals surface area contributed by atoms with E-state index < -0.39 is 0 Å². The number of aryl methyl sites for hydroxylation is 1. The van der Waals surface area contributed by atoms with E-state index in [-0.39, 0.29) is 12.3 Å². The molecule has 0 radical (unpaired) electrons. The van der Waals surface area contributed by atoms with Gasteiger partial charge in [0.25, 0.3) is 0 Å². The van der Waals surface area contributed by atoms with Gasteiger partial charge < -0.3 is 10.3 Å². The Bertz CT molecular complexity index is 260. The van der Waals surface area contributed by atoms with Crippen molar-refractivity contribution in [1.82, 2.24) is 4.57 Å². The molecule has 4 heteroatoms. The van der Waals surface area contributed by atoms with E-state index in [0.29, 0.717) is 5.56 Å². The summed E-state index contributed by atoms with van der Waals surface area (Å²) in [6.07, 6.45) is 1.75. The average Bonchev–Trinajstić information content (AvgIpc) is 2.31. The van der Waals surface area contributed by atoms with Crippen LogP contribution in [0.1, 0.15) is 10.4 Å². The smallest absolute Gasteiger partial charge is 0.177 e. The molecule has 1 aromatic rings. The largest absolute Gasteiger partial charge is 0.345 e. The molecule has 0 atom stereocenters. The minimum Gasteiger partial charge on any atom is -0.345 e. The van der Waals surface area contributed by atoms with E-state index in [9.17, 15) is 4.79 Å². The number of hydrogen-bond donors (Lipinski definition) is 1. The number of nitrogens with zero attached hydrogens (tertiary/aromatic N) is 1. The third-order valence-electron chi connectivity index (χ3n) is 1.45. The lowest BCUT2D eigenvalue weighted by molar-refractivity contribution is 0.100. The number of ketones is 1.